The Bertz CT molecular complexity index is 590. The summed E-state index contributed by atoms with van der Waals surface area (Å²) >= 11 is 0. The van der Waals surface area contributed by atoms with E-state index in [4.69, 9.17) is 4.74 Å². The first-order chi connectivity index (χ1) is 10.6. The number of nitrogens with one attached hydrogen (secondary N) is 1. The van der Waals surface area contributed by atoms with E-state index in [0.29, 0.717) is 19.4 Å². The van der Waals surface area contributed by atoms with Gasteiger partial charge in [0, 0.05) is 6.42 Å². The van der Waals surface area contributed by atoms with E-state index in [1.807, 2.05) is 18.2 Å². The standard InChI is InChI=1S/C17H21NO4/c19-15(18-17(16(20)21)7-2-1-3-8-17)11-12-4-5-14-13(10-12)6-9-22-14/h4-5,10H,1-3,6-9,11H2,(H,18,19)(H,20,21). The fourth-order valence-electron chi connectivity index (χ4n) is 3.39. The van der Waals surface area contributed by atoms with Gasteiger partial charge in [0.25, 0.3) is 0 Å². The Kier molecular flexibility index (Phi) is 4.05. The SMILES string of the molecule is O=C(Cc1ccc2c(c1)CCO2)NC1(C(=O)O)CCCCC1. The molecule has 0 bridgehead atoms. The number of benzene rings is 1. The summed E-state index contributed by atoms with van der Waals surface area (Å²) in [5.41, 5.74) is 0.948. The molecule has 2 N–H and O–H groups in total. The molecule has 1 aliphatic heterocycles. The molecule has 1 aromatic rings. The lowest BCUT2D eigenvalue weighted by Crippen LogP contribution is -2.55. The van der Waals surface area contributed by atoms with Crippen LogP contribution in [0.3, 0.4) is 0 Å². The Morgan fingerprint density at radius 3 is 2.73 bits per heavy atom. The van der Waals surface area contributed by atoms with Crippen LogP contribution < -0.4 is 10.1 Å². The molecule has 1 amide bonds. The Labute approximate surface area is 129 Å². The van der Waals surface area contributed by atoms with Gasteiger partial charge in [0.1, 0.15) is 11.3 Å². The maximum absolute atomic E-state index is 12.3. The van der Waals surface area contributed by atoms with Crippen LogP contribution in [0.1, 0.15) is 43.2 Å². The van der Waals surface area contributed by atoms with Crippen molar-refractivity contribution in [2.24, 2.45) is 0 Å². The molecule has 5 heteroatoms. The fraction of sp³-hybridized carbons (Fsp3) is 0.529. The highest BCUT2D eigenvalue weighted by molar-refractivity contribution is 5.88. The summed E-state index contributed by atoms with van der Waals surface area (Å²) < 4.78 is 5.45. The molecule has 118 valence electrons. The van der Waals surface area contributed by atoms with Gasteiger partial charge in [0.2, 0.25) is 5.91 Å². The molecule has 1 saturated carbocycles. The van der Waals surface area contributed by atoms with Crippen LogP contribution in [0.2, 0.25) is 0 Å². The second-order valence-corrected chi connectivity index (χ2v) is 6.21. The van der Waals surface area contributed by atoms with Crippen LogP contribution >= 0.6 is 0 Å². The van der Waals surface area contributed by atoms with Crippen LogP contribution in [0.5, 0.6) is 5.75 Å². The summed E-state index contributed by atoms with van der Waals surface area (Å²) in [7, 11) is 0. The first-order valence-electron chi connectivity index (χ1n) is 7.88. The van der Waals surface area contributed by atoms with E-state index >= 15 is 0 Å². The van der Waals surface area contributed by atoms with Gasteiger partial charge >= 0.3 is 5.97 Å². The number of carbonyl (C=O) groups is 2. The highest BCUT2D eigenvalue weighted by atomic mass is 16.5. The van der Waals surface area contributed by atoms with Crippen molar-refractivity contribution in [3.63, 3.8) is 0 Å². The lowest BCUT2D eigenvalue weighted by atomic mass is 9.81. The molecule has 1 aliphatic carbocycles. The molecule has 1 aromatic carbocycles. The lowest BCUT2D eigenvalue weighted by molar-refractivity contribution is -0.149. The molecule has 0 spiro atoms. The van der Waals surface area contributed by atoms with Gasteiger partial charge in [0.05, 0.1) is 13.0 Å². The zero-order chi connectivity index (χ0) is 15.6. The monoisotopic (exact) mass is 303 g/mol. The van der Waals surface area contributed by atoms with Crippen LogP contribution in [0.25, 0.3) is 0 Å². The third-order valence-corrected chi connectivity index (χ3v) is 4.61. The molecule has 2 aliphatic rings. The Morgan fingerprint density at radius 2 is 2.00 bits per heavy atom. The summed E-state index contributed by atoms with van der Waals surface area (Å²) in [5.74, 6) is -0.246. The maximum Gasteiger partial charge on any atom is 0.329 e. The molecule has 5 nitrogen and oxygen atoms in total. The maximum atomic E-state index is 12.3. The molecule has 3 rings (SSSR count). The predicted octanol–water partition coefficient (Wildman–Crippen LogP) is 2.07. The molecule has 22 heavy (non-hydrogen) atoms. The van der Waals surface area contributed by atoms with Crippen molar-refractivity contribution >= 4 is 11.9 Å². The largest absolute Gasteiger partial charge is 0.493 e. The van der Waals surface area contributed by atoms with Gasteiger partial charge in [-0.05, 0) is 30.0 Å². The van der Waals surface area contributed by atoms with Crippen LogP contribution in [0.15, 0.2) is 18.2 Å². The van der Waals surface area contributed by atoms with Gasteiger partial charge in [-0.1, -0.05) is 31.4 Å². The number of fused-ring (bicyclic) bond motifs is 1. The molecule has 0 radical (unpaired) electrons. The van der Waals surface area contributed by atoms with E-state index in [0.717, 1.165) is 42.6 Å². The van der Waals surface area contributed by atoms with Crippen molar-refractivity contribution < 1.29 is 19.4 Å². The van der Waals surface area contributed by atoms with Gasteiger partial charge in [-0.2, -0.15) is 0 Å². The van der Waals surface area contributed by atoms with Crippen molar-refractivity contribution in [2.75, 3.05) is 6.61 Å². The third kappa shape index (κ3) is 2.93. The summed E-state index contributed by atoms with van der Waals surface area (Å²) in [6.45, 7) is 0.688. The fourth-order valence-corrected chi connectivity index (χ4v) is 3.39. The average Bonchev–Trinajstić information content (AvgIpc) is 2.95. The highest BCUT2D eigenvalue weighted by Crippen LogP contribution is 2.29. The first kappa shape index (κ1) is 14.9. The minimum absolute atomic E-state index is 0.211. The number of ether oxygens (including phenoxy) is 1. The van der Waals surface area contributed by atoms with Crippen LogP contribution in [-0.2, 0) is 22.4 Å². The predicted molar refractivity (Wildman–Crippen MR) is 80.9 cm³/mol. The zero-order valence-electron chi connectivity index (χ0n) is 12.6. The molecule has 1 fully saturated rings. The second-order valence-electron chi connectivity index (χ2n) is 6.21. The molecule has 0 aromatic heterocycles. The van der Waals surface area contributed by atoms with E-state index in [1.165, 1.54) is 0 Å². The van der Waals surface area contributed by atoms with Gasteiger partial charge in [-0.3, -0.25) is 4.79 Å². The minimum atomic E-state index is -1.07. The molecule has 0 saturated heterocycles. The van der Waals surface area contributed by atoms with Gasteiger partial charge in [-0.25, -0.2) is 4.79 Å². The van der Waals surface area contributed by atoms with Gasteiger partial charge in [0.15, 0.2) is 0 Å². The molecular formula is C17H21NO4. The Morgan fingerprint density at radius 1 is 1.23 bits per heavy atom. The Hall–Kier alpha value is -2.04. The smallest absolute Gasteiger partial charge is 0.329 e. The number of aliphatic carboxylic acids is 1. The van der Waals surface area contributed by atoms with Gasteiger partial charge < -0.3 is 15.2 Å². The van der Waals surface area contributed by atoms with E-state index < -0.39 is 11.5 Å². The van der Waals surface area contributed by atoms with E-state index in [9.17, 15) is 14.7 Å². The highest BCUT2D eigenvalue weighted by Gasteiger charge is 2.40. The number of rotatable bonds is 4. The van der Waals surface area contributed by atoms with Crippen molar-refractivity contribution in [3.05, 3.63) is 29.3 Å². The van der Waals surface area contributed by atoms with Crippen molar-refractivity contribution in [1.82, 2.24) is 5.32 Å². The summed E-state index contributed by atoms with van der Waals surface area (Å²) in [4.78, 5) is 23.9. The van der Waals surface area contributed by atoms with Crippen molar-refractivity contribution in [2.45, 2.75) is 50.5 Å². The number of hydrogen-bond donors (Lipinski definition) is 2. The normalized spacial score (nSPS) is 19.1. The summed E-state index contributed by atoms with van der Waals surface area (Å²) in [6, 6.07) is 5.74. The van der Waals surface area contributed by atoms with E-state index in [1.54, 1.807) is 0 Å². The number of amides is 1. The lowest BCUT2D eigenvalue weighted by Gasteiger charge is -2.34. The van der Waals surface area contributed by atoms with Crippen LogP contribution in [0, 0.1) is 0 Å². The van der Waals surface area contributed by atoms with E-state index in [2.05, 4.69) is 5.32 Å². The van der Waals surface area contributed by atoms with E-state index in [-0.39, 0.29) is 12.3 Å². The molecule has 0 unspecified atom stereocenters. The zero-order valence-corrected chi connectivity index (χ0v) is 12.6. The van der Waals surface area contributed by atoms with Crippen LogP contribution in [-0.4, -0.2) is 29.1 Å². The number of carboxylic acids is 1. The van der Waals surface area contributed by atoms with Crippen LogP contribution in [0.4, 0.5) is 0 Å². The number of carbonyl (C=O) groups excluding carboxylic acids is 1. The first-order valence-corrected chi connectivity index (χ1v) is 7.88. The summed E-state index contributed by atoms with van der Waals surface area (Å²) in [5, 5.41) is 12.3. The topological polar surface area (TPSA) is 75.6 Å². The number of hydrogen-bond acceptors (Lipinski definition) is 3. The quantitative estimate of drug-likeness (QED) is 0.893. The summed E-state index contributed by atoms with van der Waals surface area (Å²) in [6.07, 6.45) is 4.85. The number of carboxylic acid groups (broad SMARTS) is 1. The molecular weight excluding hydrogens is 282 g/mol. The minimum Gasteiger partial charge on any atom is -0.493 e. The molecule has 0 atom stereocenters. The second kappa shape index (κ2) is 5.99. The Balaban J connectivity index is 1.67. The van der Waals surface area contributed by atoms with Crippen molar-refractivity contribution in [3.8, 4) is 5.75 Å². The molecule has 1 heterocycles. The third-order valence-electron chi connectivity index (χ3n) is 4.61. The average molecular weight is 303 g/mol. The van der Waals surface area contributed by atoms with Crippen molar-refractivity contribution in [1.29, 1.82) is 0 Å². The van der Waals surface area contributed by atoms with Gasteiger partial charge in [-0.15, -0.1) is 0 Å².